The predicted molar refractivity (Wildman–Crippen MR) is 161 cm³/mol. The van der Waals surface area contributed by atoms with Crippen molar-refractivity contribution in [2.24, 2.45) is 4.99 Å². The predicted octanol–water partition coefficient (Wildman–Crippen LogP) is 4.46. The summed E-state index contributed by atoms with van der Waals surface area (Å²) in [6.07, 6.45) is 2.96. The van der Waals surface area contributed by atoms with Crippen LogP contribution in [0.1, 0.15) is 43.9 Å². The van der Waals surface area contributed by atoms with Gasteiger partial charge < -0.3 is 24.1 Å². The van der Waals surface area contributed by atoms with Crippen molar-refractivity contribution in [3.05, 3.63) is 90.6 Å². The number of nitrogens with zero attached hydrogens (tertiary/aromatic N) is 2. The number of fused-ring (bicyclic) bond motifs is 2. The normalized spacial score (nSPS) is 14.9. The van der Waals surface area contributed by atoms with Crippen LogP contribution in [-0.2, 0) is 9.53 Å². The molecule has 10 heteroatoms. The summed E-state index contributed by atoms with van der Waals surface area (Å²) in [5.41, 5.74) is 1.84. The van der Waals surface area contributed by atoms with E-state index < -0.39 is 12.0 Å². The number of benzene rings is 3. The molecule has 0 bridgehead atoms. The summed E-state index contributed by atoms with van der Waals surface area (Å²) < 4.78 is 23.9. The van der Waals surface area contributed by atoms with Gasteiger partial charge in [0.25, 0.3) is 5.56 Å². The first-order chi connectivity index (χ1) is 20.4. The number of phenolic OH excluding ortho intramolecular Hbond substituents is 1. The summed E-state index contributed by atoms with van der Waals surface area (Å²) in [6.45, 7) is 3.94. The van der Waals surface area contributed by atoms with Crippen LogP contribution in [0.4, 0.5) is 0 Å². The second-order valence-electron chi connectivity index (χ2n) is 9.59. The molecule has 0 saturated carbocycles. The van der Waals surface area contributed by atoms with Gasteiger partial charge in [-0.05, 0) is 54.0 Å². The van der Waals surface area contributed by atoms with Gasteiger partial charge in [0, 0.05) is 5.56 Å². The minimum absolute atomic E-state index is 0.134. The van der Waals surface area contributed by atoms with Crippen molar-refractivity contribution in [2.45, 2.75) is 32.7 Å². The average Bonchev–Trinajstić information content (AvgIpc) is 3.30. The monoisotopic (exact) mass is 588 g/mol. The Bertz CT molecular complexity index is 1860. The minimum atomic E-state index is -0.839. The van der Waals surface area contributed by atoms with Crippen molar-refractivity contribution in [3.8, 4) is 23.0 Å². The van der Waals surface area contributed by atoms with E-state index in [1.807, 2.05) is 43.3 Å². The zero-order valence-corrected chi connectivity index (χ0v) is 24.9. The smallest absolute Gasteiger partial charge is 0.338 e. The van der Waals surface area contributed by atoms with Crippen LogP contribution in [0.3, 0.4) is 0 Å². The summed E-state index contributed by atoms with van der Waals surface area (Å²) in [4.78, 5) is 33.2. The van der Waals surface area contributed by atoms with Crippen molar-refractivity contribution < 1.29 is 28.8 Å². The van der Waals surface area contributed by atoms with E-state index >= 15 is 0 Å². The van der Waals surface area contributed by atoms with E-state index in [4.69, 9.17) is 23.9 Å². The SMILES string of the molecule is CCCC1=C(C(=O)OCC)[C@H](c2c(OC)ccc3ccccc23)n2c(sc(=Cc3cc(OC)c(O)c(OC)c3)c2=O)=N1. The van der Waals surface area contributed by atoms with Crippen molar-refractivity contribution in [1.82, 2.24) is 4.57 Å². The van der Waals surface area contributed by atoms with Crippen LogP contribution in [0.15, 0.2) is 69.6 Å². The maximum Gasteiger partial charge on any atom is 0.338 e. The fourth-order valence-electron chi connectivity index (χ4n) is 5.28. The third-order valence-electron chi connectivity index (χ3n) is 7.12. The molecule has 1 aliphatic rings. The molecule has 42 heavy (non-hydrogen) atoms. The lowest BCUT2D eigenvalue weighted by Gasteiger charge is -2.28. The van der Waals surface area contributed by atoms with E-state index in [-0.39, 0.29) is 29.4 Å². The number of phenols is 1. The standard InChI is InChI=1S/C32H32N2O7S/c1-6-10-21-27(31(37)41-7-2)28(26-20-12-9-8-11-19(20)13-14-22(26)38-3)34-30(36)25(42-32(34)33-21)17-18-15-23(39-4)29(35)24(16-18)40-5/h8-9,11-17,28,35H,6-7,10H2,1-5H3/t28-/m0/s1. The van der Waals surface area contributed by atoms with Crippen LogP contribution in [0.5, 0.6) is 23.0 Å². The van der Waals surface area contributed by atoms with Gasteiger partial charge in [-0.15, -0.1) is 0 Å². The Kier molecular flexibility index (Phi) is 8.35. The highest BCUT2D eigenvalue weighted by atomic mass is 32.1. The first-order valence-electron chi connectivity index (χ1n) is 13.6. The zero-order chi connectivity index (χ0) is 30.0. The number of hydrogen-bond acceptors (Lipinski definition) is 9. The van der Waals surface area contributed by atoms with Crippen molar-refractivity contribution >= 4 is 34.2 Å². The van der Waals surface area contributed by atoms with E-state index in [1.54, 1.807) is 36.8 Å². The van der Waals surface area contributed by atoms with Gasteiger partial charge in [0.1, 0.15) is 11.8 Å². The Balaban J connectivity index is 1.86. The highest BCUT2D eigenvalue weighted by Crippen LogP contribution is 2.41. The molecule has 3 aromatic carbocycles. The van der Waals surface area contributed by atoms with Gasteiger partial charge in [-0.1, -0.05) is 55.0 Å². The van der Waals surface area contributed by atoms with Gasteiger partial charge in [-0.25, -0.2) is 9.79 Å². The Morgan fingerprint density at radius 3 is 2.36 bits per heavy atom. The van der Waals surface area contributed by atoms with Gasteiger partial charge in [-0.2, -0.15) is 0 Å². The fraction of sp³-hybridized carbons (Fsp3) is 0.281. The Morgan fingerprint density at radius 1 is 1.02 bits per heavy atom. The summed E-state index contributed by atoms with van der Waals surface area (Å²) in [5, 5.41) is 12.2. The van der Waals surface area contributed by atoms with E-state index in [1.165, 1.54) is 25.6 Å². The average molecular weight is 589 g/mol. The molecule has 4 aromatic rings. The van der Waals surface area contributed by atoms with Crippen LogP contribution in [0, 0.1) is 0 Å². The number of rotatable bonds is 9. The number of methoxy groups -OCH3 is 3. The van der Waals surface area contributed by atoms with Gasteiger partial charge in [0.05, 0.1) is 43.7 Å². The molecule has 0 saturated heterocycles. The molecule has 0 aliphatic carbocycles. The van der Waals surface area contributed by atoms with Gasteiger partial charge in [0.15, 0.2) is 16.3 Å². The highest BCUT2D eigenvalue weighted by molar-refractivity contribution is 7.07. The number of carbonyl (C=O) groups excluding carboxylic acids is 1. The molecule has 0 unspecified atom stereocenters. The Hall–Kier alpha value is -4.57. The van der Waals surface area contributed by atoms with E-state index in [0.29, 0.717) is 43.9 Å². The third-order valence-corrected chi connectivity index (χ3v) is 8.10. The number of esters is 1. The topological polar surface area (TPSA) is 109 Å². The number of aromatic nitrogens is 1. The van der Waals surface area contributed by atoms with Gasteiger partial charge in [-0.3, -0.25) is 9.36 Å². The molecule has 9 nitrogen and oxygen atoms in total. The molecule has 0 amide bonds. The Morgan fingerprint density at radius 2 is 1.71 bits per heavy atom. The maximum absolute atomic E-state index is 14.3. The second-order valence-corrected chi connectivity index (χ2v) is 10.6. The third kappa shape index (κ3) is 5.02. The van der Waals surface area contributed by atoms with Crippen LogP contribution < -0.4 is 29.1 Å². The first kappa shape index (κ1) is 28.9. The summed E-state index contributed by atoms with van der Waals surface area (Å²) in [5.74, 6) is 0.306. The van der Waals surface area contributed by atoms with E-state index in [0.717, 1.165) is 17.2 Å². The number of hydrogen-bond donors (Lipinski definition) is 1. The van der Waals surface area contributed by atoms with E-state index in [2.05, 4.69) is 0 Å². The largest absolute Gasteiger partial charge is 0.502 e. The molecular formula is C32H32N2O7S. The fourth-order valence-corrected chi connectivity index (χ4v) is 6.30. The number of ether oxygens (including phenoxy) is 4. The second kappa shape index (κ2) is 12.1. The summed E-state index contributed by atoms with van der Waals surface area (Å²) >= 11 is 1.22. The summed E-state index contributed by atoms with van der Waals surface area (Å²) in [7, 11) is 4.45. The quantitative estimate of drug-likeness (QED) is 0.288. The molecule has 1 N–H and O–H groups in total. The Labute approximate surface area is 246 Å². The number of allylic oxidation sites excluding steroid dienone is 1. The lowest BCUT2D eigenvalue weighted by Crippen LogP contribution is -2.40. The van der Waals surface area contributed by atoms with Crippen molar-refractivity contribution in [1.29, 1.82) is 0 Å². The summed E-state index contributed by atoms with van der Waals surface area (Å²) in [6, 6.07) is 14.0. The number of carbonyl (C=O) groups is 1. The lowest BCUT2D eigenvalue weighted by atomic mass is 9.90. The lowest BCUT2D eigenvalue weighted by molar-refractivity contribution is -0.139. The molecule has 1 aliphatic heterocycles. The van der Waals surface area contributed by atoms with Gasteiger partial charge >= 0.3 is 5.97 Å². The molecule has 0 radical (unpaired) electrons. The molecule has 2 heterocycles. The molecule has 0 spiro atoms. The molecule has 1 aromatic heterocycles. The molecule has 5 rings (SSSR count). The van der Waals surface area contributed by atoms with Crippen LogP contribution in [-0.4, -0.2) is 43.6 Å². The van der Waals surface area contributed by atoms with Gasteiger partial charge in [0.2, 0.25) is 5.75 Å². The van der Waals surface area contributed by atoms with Crippen molar-refractivity contribution in [3.63, 3.8) is 0 Å². The maximum atomic E-state index is 14.3. The van der Waals surface area contributed by atoms with Crippen LogP contribution in [0.2, 0.25) is 0 Å². The first-order valence-corrected chi connectivity index (χ1v) is 14.4. The van der Waals surface area contributed by atoms with Crippen molar-refractivity contribution in [2.75, 3.05) is 27.9 Å². The minimum Gasteiger partial charge on any atom is -0.502 e. The van der Waals surface area contributed by atoms with Crippen LogP contribution in [0.25, 0.3) is 16.8 Å². The molecular weight excluding hydrogens is 556 g/mol. The van der Waals surface area contributed by atoms with Crippen LogP contribution >= 0.6 is 11.3 Å². The molecule has 0 fully saturated rings. The van der Waals surface area contributed by atoms with E-state index in [9.17, 15) is 14.7 Å². The zero-order valence-electron chi connectivity index (χ0n) is 24.1. The highest BCUT2D eigenvalue weighted by Gasteiger charge is 2.37. The molecule has 1 atom stereocenters. The number of aromatic hydroxyl groups is 1. The number of thiazole rings is 1. The molecule has 218 valence electrons.